The van der Waals surface area contributed by atoms with Gasteiger partial charge in [-0.15, -0.1) is 0 Å². The van der Waals surface area contributed by atoms with Crippen LogP contribution in [-0.2, 0) is 0 Å². The molecule has 1 aromatic carbocycles. The Balaban J connectivity index is 2.24. The van der Waals surface area contributed by atoms with Crippen LogP contribution in [0.25, 0.3) is 0 Å². The molecule has 1 N–H and O–H groups in total. The quantitative estimate of drug-likeness (QED) is 0.338. The fourth-order valence-electron chi connectivity index (χ4n) is 1.81. The summed E-state index contributed by atoms with van der Waals surface area (Å²) in [6, 6.07) is 6.96. The van der Waals surface area contributed by atoms with E-state index in [1.54, 1.807) is 13.2 Å². The zero-order valence-corrected chi connectivity index (χ0v) is 16.2. The van der Waals surface area contributed by atoms with Gasteiger partial charge in [0.1, 0.15) is 5.82 Å². The Morgan fingerprint density at radius 1 is 1.32 bits per heavy atom. The number of nitrogens with zero attached hydrogens (tertiary/aromatic N) is 2. The highest BCUT2D eigenvalue weighted by atomic mass is 35.6. The van der Waals surface area contributed by atoms with E-state index in [0.29, 0.717) is 10.9 Å². The van der Waals surface area contributed by atoms with E-state index in [1.807, 2.05) is 0 Å². The number of halogens is 4. The number of nitrogens with one attached hydrogen (secondary N) is 1. The Bertz CT molecular complexity index is 774. The molecular formula is C15H13Cl3FN3O2S. The van der Waals surface area contributed by atoms with Crippen molar-refractivity contribution < 1.29 is 13.9 Å². The lowest BCUT2D eigenvalue weighted by Gasteiger charge is -2.26. The summed E-state index contributed by atoms with van der Waals surface area (Å²) in [5, 5.41) is 2.81. The van der Waals surface area contributed by atoms with Gasteiger partial charge in [-0.1, -0.05) is 58.7 Å². The maximum absolute atomic E-state index is 13.7. The summed E-state index contributed by atoms with van der Waals surface area (Å²) in [5.41, 5.74) is 0.437. The van der Waals surface area contributed by atoms with E-state index in [0.717, 1.165) is 6.07 Å². The molecule has 2 rings (SSSR count). The molecule has 2 aromatic rings. The first-order valence-corrected chi connectivity index (χ1v) is 9.25. The van der Waals surface area contributed by atoms with Gasteiger partial charge in [0.15, 0.2) is 5.16 Å². The fraction of sp³-hybridized carbons (Fsp3) is 0.267. The van der Waals surface area contributed by atoms with Crippen LogP contribution in [0.1, 0.15) is 16.1 Å². The Morgan fingerprint density at radius 3 is 2.60 bits per heavy atom. The molecule has 25 heavy (non-hydrogen) atoms. The van der Waals surface area contributed by atoms with Gasteiger partial charge in [0.25, 0.3) is 5.91 Å². The standard InChI is InChI=1S/C15H13Cl3FN3O2S/c1-8-7-11(21-14(20-8)25-2)24-13(15(16,17)18)22-12(23)9-5-3-4-6-10(9)19/h3-7,13H,1-2H3,(H,22,23). The minimum absolute atomic E-state index is 0.113. The van der Waals surface area contributed by atoms with Crippen molar-refractivity contribution in [3.8, 4) is 5.88 Å². The number of hydrogen-bond donors (Lipinski definition) is 1. The van der Waals surface area contributed by atoms with Crippen molar-refractivity contribution in [3.63, 3.8) is 0 Å². The van der Waals surface area contributed by atoms with Crippen molar-refractivity contribution in [2.75, 3.05) is 6.26 Å². The van der Waals surface area contributed by atoms with E-state index in [4.69, 9.17) is 39.5 Å². The highest BCUT2D eigenvalue weighted by molar-refractivity contribution is 7.98. The lowest BCUT2D eigenvalue weighted by atomic mass is 10.2. The lowest BCUT2D eigenvalue weighted by molar-refractivity contribution is 0.0820. The average molecular weight is 425 g/mol. The van der Waals surface area contributed by atoms with Crippen LogP contribution < -0.4 is 10.1 Å². The van der Waals surface area contributed by atoms with E-state index < -0.39 is 21.7 Å². The number of benzene rings is 1. The van der Waals surface area contributed by atoms with E-state index in [2.05, 4.69) is 15.3 Å². The maximum Gasteiger partial charge on any atom is 0.257 e. The number of thioether (sulfide) groups is 1. The molecule has 1 atom stereocenters. The van der Waals surface area contributed by atoms with Crippen LogP contribution in [0.15, 0.2) is 35.5 Å². The fourth-order valence-corrected chi connectivity index (χ4v) is 2.52. The Morgan fingerprint density at radius 2 is 2.00 bits per heavy atom. The number of aromatic nitrogens is 2. The predicted octanol–water partition coefficient (Wildman–Crippen LogP) is 4.15. The van der Waals surface area contributed by atoms with Gasteiger partial charge in [-0.3, -0.25) is 4.79 Å². The van der Waals surface area contributed by atoms with Crippen molar-refractivity contribution in [1.82, 2.24) is 15.3 Å². The summed E-state index contributed by atoms with van der Waals surface area (Å²) < 4.78 is 17.2. The molecule has 1 heterocycles. The molecule has 1 unspecified atom stereocenters. The number of carbonyl (C=O) groups excluding carboxylic acids is 1. The highest BCUT2D eigenvalue weighted by Gasteiger charge is 2.37. The average Bonchev–Trinajstić information content (AvgIpc) is 2.53. The molecule has 10 heteroatoms. The van der Waals surface area contributed by atoms with Crippen LogP contribution in [0, 0.1) is 12.7 Å². The Labute approximate surface area is 163 Å². The molecule has 0 bridgehead atoms. The lowest BCUT2D eigenvalue weighted by Crippen LogP contribution is -2.48. The molecule has 134 valence electrons. The number of amides is 1. The predicted molar refractivity (Wildman–Crippen MR) is 97.1 cm³/mol. The Hall–Kier alpha value is -1.28. The summed E-state index contributed by atoms with van der Waals surface area (Å²) in [6.07, 6.45) is 0.402. The highest BCUT2D eigenvalue weighted by Crippen LogP contribution is 2.32. The summed E-state index contributed by atoms with van der Waals surface area (Å²) >= 11 is 19.0. The number of rotatable bonds is 5. The first kappa shape index (κ1) is 20.0. The third-order valence-electron chi connectivity index (χ3n) is 2.91. The molecule has 5 nitrogen and oxygen atoms in total. The van der Waals surface area contributed by atoms with Gasteiger partial charge in [-0.05, 0) is 25.3 Å². The normalized spacial score (nSPS) is 12.6. The van der Waals surface area contributed by atoms with Gasteiger partial charge >= 0.3 is 0 Å². The van der Waals surface area contributed by atoms with Gasteiger partial charge in [-0.2, -0.15) is 4.98 Å². The minimum atomic E-state index is -2.01. The van der Waals surface area contributed by atoms with E-state index in [-0.39, 0.29) is 11.4 Å². The van der Waals surface area contributed by atoms with Gasteiger partial charge in [-0.25, -0.2) is 9.37 Å². The molecule has 0 saturated carbocycles. The SMILES string of the molecule is CSc1nc(C)cc(OC(NC(=O)c2ccccc2F)C(Cl)(Cl)Cl)n1. The molecule has 0 spiro atoms. The molecule has 0 aliphatic heterocycles. The Kier molecular flexibility index (Phi) is 6.73. The molecule has 1 amide bonds. The van der Waals surface area contributed by atoms with Gasteiger partial charge in [0.05, 0.1) is 5.56 Å². The van der Waals surface area contributed by atoms with E-state index in [1.165, 1.54) is 36.0 Å². The molecule has 0 saturated heterocycles. The van der Waals surface area contributed by atoms with Crippen LogP contribution in [0.3, 0.4) is 0 Å². The van der Waals surface area contributed by atoms with E-state index in [9.17, 15) is 9.18 Å². The number of ether oxygens (including phenoxy) is 1. The van der Waals surface area contributed by atoms with Gasteiger partial charge in [0.2, 0.25) is 15.9 Å². The van der Waals surface area contributed by atoms with Crippen LogP contribution in [-0.4, -0.2) is 32.2 Å². The van der Waals surface area contributed by atoms with Crippen molar-refractivity contribution in [1.29, 1.82) is 0 Å². The zero-order valence-electron chi connectivity index (χ0n) is 13.1. The maximum atomic E-state index is 13.7. The van der Waals surface area contributed by atoms with Crippen molar-refractivity contribution in [2.45, 2.75) is 22.1 Å². The molecule has 0 radical (unpaired) electrons. The van der Waals surface area contributed by atoms with Crippen molar-refractivity contribution >= 4 is 52.5 Å². The van der Waals surface area contributed by atoms with Crippen molar-refractivity contribution in [3.05, 3.63) is 47.4 Å². The third-order valence-corrected chi connectivity index (χ3v) is 4.05. The zero-order chi connectivity index (χ0) is 18.6. The molecule has 0 fully saturated rings. The van der Waals surface area contributed by atoms with Crippen LogP contribution in [0.2, 0.25) is 0 Å². The monoisotopic (exact) mass is 423 g/mol. The summed E-state index contributed by atoms with van der Waals surface area (Å²) in [4.78, 5) is 20.6. The second kappa shape index (κ2) is 8.40. The number of aryl methyl sites for hydroxylation is 1. The van der Waals surface area contributed by atoms with Gasteiger partial charge in [0, 0.05) is 11.8 Å². The summed E-state index contributed by atoms with van der Waals surface area (Å²) in [6.45, 7) is 1.75. The minimum Gasteiger partial charge on any atom is -0.449 e. The molecule has 0 aliphatic carbocycles. The number of carbonyl (C=O) groups is 1. The second-order valence-electron chi connectivity index (χ2n) is 4.83. The first-order chi connectivity index (χ1) is 11.7. The summed E-state index contributed by atoms with van der Waals surface area (Å²) in [7, 11) is 0. The van der Waals surface area contributed by atoms with Crippen LogP contribution in [0.5, 0.6) is 5.88 Å². The third kappa shape index (κ3) is 5.60. The van der Waals surface area contributed by atoms with Crippen LogP contribution in [0.4, 0.5) is 4.39 Å². The summed E-state index contributed by atoms with van der Waals surface area (Å²) in [5.74, 6) is -1.38. The molecule has 0 aliphatic rings. The largest absolute Gasteiger partial charge is 0.449 e. The topological polar surface area (TPSA) is 64.1 Å². The number of hydrogen-bond acceptors (Lipinski definition) is 5. The second-order valence-corrected chi connectivity index (χ2v) is 7.97. The van der Waals surface area contributed by atoms with Gasteiger partial charge < -0.3 is 10.1 Å². The van der Waals surface area contributed by atoms with Crippen LogP contribution >= 0.6 is 46.6 Å². The van der Waals surface area contributed by atoms with E-state index >= 15 is 0 Å². The number of alkyl halides is 3. The smallest absolute Gasteiger partial charge is 0.257 e. The molecule has 1 aromatic heterocycles. The first-order valence-electron chi connectivity index (χ1n) is 6.89. The molecular weight excluding hydrogens is 412 g/mol. The van der Waals surface area contributed by atoms with Crippen molar-refractivity contribution in [2.24, 2.45) is 0 Å².